The molecule has 0 saturated carbocycles. The van der Waals surface area contributed by atoms with E-state index in [9.17, 15) is 4.79 Å². The molecule has 124 valence electrons. The van der Waals surface area contributed by atoms with E-state index in [1.54, 1.807) is 4.68 Å². The zero-order valence-corrected chi connectivity index (χ0v) is 14.1. The van der Waals surface area contributed by atoms with Gasteiger partial charge in [0, 0.05) is 38.2 Å². The van der Waals surface area contributed by atoms with Crippen molar-refractivity contribution < 1.29 is 4.79 Å². The van der Waals surface area contributed by atoms with Crippen molar-refractivity contribution in [2.45, 2.75) is 31.1 Å². The Morgan fingerprint density at radius 2 is 2.04 bits per heavy atom. The van der Waals surface area contributed by atoms with Crippen molar-refractivity contribution in [1.29, 1.82) is 0 Å². The summed E-state index contributed by atoms with van der Waals surface area (Å²) in [7, 11) is 1.91. The van der Waals surface area contributed by atoms with Gasteiger partial charge in [-0.1, -0.05) is 36.4 Å². The van der Waals surface area contributed by atoms with Gasteiger partial charge in [0.2, 0.25) is 5.91 Å². The predicted molar refractivity (Wildman–Crippen MR) is 94.5 cm³/mol. The molecular formula is C20H23N3O. The molecule has 2 aromatic rings. The third-order valence-corrected chi connectivity index (χ3v) is 5.47. The maximum absolute atomic E-state index is 12.5. The topological polar surface area (TPSA) is 38.1 Å². The number of allylic oxidation sites excluding steroid dienone is 1. The average molecular weight is 321 g/mol. The van der Waals surface area contributed by atoms with Crippen molar-refractivity contribution in [3.8, 4) is 0 Å². The van der Waals surface area contributed by atoms with E-state index in [2.05, 4.69) is 41.5 Å². The second-order valence-corrected chi connectivity index (χ2v) is 6.98. The molecule has 1 amide bonds. The van der Waals surface area contributed by atoms with E-state index in [0.717, 1.165) is 37.9 Å². The first-order valence-corrected chi connectivity index (χ1v) is 8.70. The lowest BCUT2D eigenvalue weighted by Crippen LogP contribution is -2.44. The molecule has 1 aliphatic heterocycles. The molecule has 0 unspecified atom stereocenters. The Balaban J connectivity index is 1.36. The third kappa shape index (κ3) is 2.66. The zero-order valence-electron chi connectivity index (χ0n) is 14.1. The van der Waals surface area contributed by atoms with Gasteiger partial charge >= 0.3 is 0 Å². The molecule has 0 bridgehead atoms. The molecule has 2 aliphatic rings. The Hall–Kier alpha value is -2.36. The largest absolute Gasteiger partial charge is 0.343 e. The maximum Gasteiger partial charge on any atom is 0.222 e. The van der Waals surface area contributed by atoms with Crippen molar-refractivity contribution in [2.75, 3.05) is 13.1 Å². The summed E-state index contributed by atoms with van der Waals surface area (Å²) >= 11 is 0. The van der Waals surface area contributed by atoms with E-state index in [-0.39, 0.29) is 11.3 Å². The number of aryl methyl sites for hydroxylation is 2. The molecule has 4 heteroatoms. The number of likely N-dealkylation sites (tertiary alicyclic amines) is 1. The number of fused-ring (bicyclic) bond motifs is 2. The highest BCUT2D eigenvalue weighted by molar-refractivity contribution is 5.77. The first-order valence-electron chi connectivity index (χ1n) is 8.70. The van der Waals surface area contributed by atoms with Crippen molar-refractivity contribution in [1.82, 2.24) is 14.7 Å². The minimum atomic E-state index is 0.150. The van der Waals surface area contributed by atoms with Crippen LogP contribution in [0.4, 0.5) is 0 Å². The van der Waals surface area contributed by atoms with E-state index in [0.29, 0.717) is 6.42 Å². The summed E-state index contributed by atoms with van der Waals surface area (Å²) in [6, 6.07) is 8.65. The van der Waals surface area contributed by atoms with Crippen molar-refractivity contribution in [3.05, 3.63) is 59.4 Å². The molecule has 0 N–H and O–H groups in total. The number of hydrogen-bond donors (Lipinski definition) is 0. The molecule has 1 fully saturated rings. The summed E-state index contributed by atoms with van der Waals surface area (Å²) in [6.07, 6.45) is 11.8. The van der Waals surface area contributed by atoms with Gasteiger partial charge in [-0.05, 0) is 36.0 Å². The van der Waals surface area contributed by atoms with Crippen LogP contribution in [0.25, 0.3) is 6.08 Å². The maximum atomic E-state index is 12.5. The lowest BCUT2D eigenvalue weighted by Gasteiger charge is -2.39. The molecule has 1 saturated heterocycles. The highest BCUT2D eigenvalue weighted by atomic mass is 16.2. The minimum absolute atomic E-state index is 0.150. The molecule has 4 nitrogen and oxygen atoms in total. The van der Waals surface area contributed by atoms with Gasteiger partial charge in [0.1, 0.15) is 0 Å². The van der Waals surface area contributed by atoms with Crippen molar-refractivity contribution in [2.24, 2.45) is 7.05 Å². The fourth-order valence-corrected chi connectivity index (χ4v) is 4.04. The molecular weight excluding hydrogens is 298 g/mol. The lowest BCUT2D eigenvalue weighted by molar-refractivity contribution is -0.132. The number of benzene rings is 1. The highest BCUT2D eigenvalue weighted by Gasteiger charge is 2.38. The Kier molecular flexibility index (Phi) is 3.75. The van der Waals surface area contributed by atoms with Gasteiger partial charge in [-0.25, -0.2) is 0 Å². The van der Waals surface area contributed by atoms with Crippen LogP contribution in [-0.2, 0) is 23.7 Å². The van der Waals surface area contributed by atoms with Gasteiger partial charge in [-0.2, -0.15) is 5.10 Å². The molecule has 0 atom stereocenters. The number of hydrogen-bond acceptors (Lipinski definition) is 2. The molecule has 4 rings (SSSR count). The molecule has 2 heterocycles. The summed E-state index contributed by atoms with van der Waals surface area (Å²) in [5.74, 6) is 0.268. The number of rotatable bonds is 3. The van der Waals surface area contributed by atoms with E-state index < -0.39 is 0 Å². The summed E-state index contributed by atoms with van der Waals surface area (Å²) in [5, 5.41) is 4.16. The molecule has 1 aliphatic carbocycles. The second kappa shape index (κ2) is 5.93. The Labute approximate surface area is 142 Å². The van der Waals surface area contributed by atoms with Gasteiger partial charge in [0.05, 0.1) is 6.20 Å². The van der Waals surface area contributed by atoms with Crippen LogP contribution in [0.3, 0.4) is 0 Å². The third-order valence-electron chi connectivity index (χ3n) is 5.47. The van der Waals surface area contributed by atoms with Crippen LogP contribution >= 0.6 is 0 Å². The fraction of sp³-hybridized carbons (Fsp3) is 0.400. The molecule has 1 aromatic carbocycles. The van der Waals surface area contributed by atoms with E-state index >= 15 is 0 Å². The molecule has 1 aromatic heterocycles. The average Bonchev–Trinajstić information content (AvgIpc) is 3.18. The molecule has 24 heavy (non-hydrogen) atoms. The summed E-state index contributed by atoms with van der Waals surface area (Å²) in [4.78, 5) is 14.5. The lowest BCUT2D eigenvalue weighted by atomic mass is 9.74. The number of piperidine rings is 1. The quantitative estimate of drug-likeness (QED) is 0.872. The molecule has 1 spiro atoms. The summed E-state index contributed by atoms with van der Waals surface area (Å²) in [6.45, 7) is 1.70. The number of carbonyl (C=O) groups is 1. The van der Waals surface area contributed by atoms with Crippen LogP contribution in [0.1, 0.15) is 36.0 Å². The van der Waals surface area contributed by atoms with Crippen LogP contribution < -0.4 is 0 Å². The number of nitrogens with zero attached hydrogens (tertiary/aromatic N) is 3. The van der Waals surface area contributed by atoms with Crippen LogP contribution in [0.15, 0.2) is 42.7 Å². The number of aromatic nitrogens is 2. The number of carbonyl (C=O) groups excluding carboxylic acids is 1. The van der Waals surface area contributed by atoms with E-state index in [1.165, 1.54) is 11.1 Å². The van der Waals surface area contributed by atoms with Gasteiger partial charge in [0.25, 0.3) is 0 Å². The fourth-order valence-electron chi connectivity index (χ4n) is 4.04. The van der Waals surface area contributed by atoms with E-state index in [4.69, 9.17) is 0 Å². The van der Waals surface area contributed by atoms with Gasteiger partial charge < -0.3 is 4.90 Å². The van der Waals surface area contributed by atoms with Crippen LogP contribution in [0.2, 0.25) is 0 Å². The monoisotopic (exact) mass is 321 g/mol. The van der Waals surface area contributed by atoms with Crippen LogP contribution in [0, 0.1) is 0 Å². The van der Waals surface area contributed by atoms with Crippen LogP contribution in [0.5, 0.6) is 0 Å². The summed E-state index contributed by atoms with van der Waals surface area (Å²) in [5.41, 5.74) is 4.06. The summed E-state index contributed by atoms with van der Waals surface area (Å²) < 4.78 is 1.79. The SMILES string of the molecule is Cn1cc(CCC(=O)N2CCC3(C=Cc4ccccc43)CC2)cn1. The first-order chi connectivity index (χ1) is 11.7. The highest BCUT2D eigenvalue weighted by Crippen LogP contribution is 2.43. The predicted octanol–water partition coefficient (Wildman–Crippen LogP) is 2.94. The smallest absolute Gasteiger partial charge is 0.222 e. The first kappa shape index (κ1) is 15.2. The standard InChI is InChI=1S/C20H23N3O/c1-22-15-16(14-21-22)6-7-19(24)23-12-10-20(11-13-23)9-8-17-4-2-3-5-18(17)20/h2-5,8-9,14-15H,6-7,10-13H2,1H3. The Morgan fingerprint density at radius 3 is 2.79 bits per heavy atom. The second-order valence-electron chi connectivity index (χ2n) is 6.98. The number of amides is 1. The minimum Gasteiger partial charge on any atom is -0.343 e. The normalized spacial score (nSPS) is 18.1. The van der Waals surface area contributed by atoms with Gasteiger partial charge in [0.15, 0.2) is 0 Å². The van der Waals surface area contributed by atoms with Crippen LogP contribution in [-0.4, -0.2) is 33.7 Å². The molecule has 0 radical (unpaired) electrons. The Bertz CT molecular complexity index is 782. The van der Waals surface area contributed by atoms with Gasteiger partial charge in [-0.15, -0.1) is 0 Å². The Morgan fingerprint density at radius 1 is 1.25 bits per heavy atom. The van der Waals surface area contributed by atoms with Crippen molar-refractivity contribution in [3.63, 3.8) is 0 Å². The van der Waals surface area contributed by atoms with Crippen molar-refractivity contribution >= 4 is 12.0 Å². The van der Waals surface area contributed by atoms with E-state index in [1.807, 2.05) is 24.3 Å². The zero-order chi connectivity index (χ0) is 16.6. The van der Waals surface area contributed by atoms with Gasteiger partial charge in [-0.3, -0.25) is 9.48 Å².